The predicted molar refractivity (Wildman–Crippen MR) is 146 cm³/mol. The average molecular weight is 600 g/mol. The lowest BCUT2D eigenvalue weighted by Gasteiger charge is -2.51. The molecule has 11 nitrogen and oxygen atoms in total. The molecule has 2 aliphatic carbocycles. The highest BCUT2D eigenvalue weighted by atomic mass is 35.5. The van der Waals surface area contributed by atoms with Gasteiger partial charge in [-0.2, -0.15) is 0 Å². The zero-order valence-corrected chi connectivity index (χ0v) is 23.3. The lowest BCUT2D eigenvalue weighted by Crippen LogP contribution is -2.60. The quantitative estimate of drug-likeness (QED) is 0.184. The number of benzene rings is 2. The summed E-state index contributed by atoms with van der Waals surface area (Å²) in [7, 11) is 2.67. The van der Waals surface area contributed by atoms with Crippen molar-refractivity contribution in [1.29, 1.82) is 0 Å². The molecule has 1 N–H and O–H groups in total. The molecule has 212 valence electrons. The number of aromatic hydroxyl groups is 1. The third-order valence-corrected chi connectivity index (χ3v) is 10.3. The molecule has 0 radical (unpaired) electrons. The van der Waals surface area contributed by atoms with Gasteiger partial charge in [-0.15, -0.1) is 23.2 Å². The van der Waals surface area contributed by atoms with E-state index in [1.807, 2.05) is 0 Å². The van der Waals surface area contributed by atoms with Crippen molar-refractivity contribution in [2.75, 3.05) is 19.1 Å². The number of likely N-dealkylation sites (tertiary alicyclic amines) is 1. The Labute approximate surface area is 243 Å². The number of halogens is 2. The highest BCUT2D eigenvalue weighted by Gasteiger charge is 2.76. The number of rotatable bonds is 4. The van der Waals surface area contributed by atoms with Crippen molar-refractivity contribution in [2.45, 2.75) is 28.5 Å². The fourth-order valence-corrected chi connectivity index (χ4v) is 8.04. The molecule has 0 aromatic heterocycles. The molecule has 2 saturated heterocycles. The van der Waals surface area contributed by atoms with Crippen molar-refractivity contribution in [1.82, 2.24) is 4.90 Å². The minimum atomic E-state index is -1.99. The van der Waals surface area contributed by atoms with Crippen molar-refractivity contribution in [3.8, 4) is 11.5 Å². The largest absolute Gasteiger partial charge is 0.508 e. The maximum Gasteiger partial charge on any atom is 0.271 e. The summed E-state index contributed by atoms with van der Waals surface area (Å²) in [6, 6.07) is 9.52. The molecular weight excluding hydrogens is 577 g/mol. The monoisotopic (exact) mass is 599 g/mol. The molecule has 13 heteroatoms. The van der Waals surface area contributed by atoms with Crippen molar-refractivity contribution in [3.63, 3.8) is 0 Å². The molecule has 0 bridgehead atoms. The third-order valence-electron chi connectivity index (χ3n) is 8.84. The van der Waals surface area contributed by atoms with Crippen molar-refractivity contribution in [3.05, 3.63) is 69.8 Å². The number of imide groups is 2. The molecule has 4 amide bonds. The average Bonchev–Trinajstić information content (AvgIpc) is 3.28. The minimum Gasteiger partial charge on any atom is -0.508 e. The Morgan fingerprint density at radius 3 is 2.46 bits per heavy atom. The number of hydrogen-bond donors (Lipinski definition) is 1. The number of alkyl halides is 2. The van der Waals surface area contributed by atoms with Gasteiger partial charge in [0.05, 0.1) is 29.6 Å². The first-order chi connectivity index (χ1) is 19.4. The maximum atomic E-state index is 14.0. The van der Waals surface area contributed by atoms with Crippen molar-refractivity contribution >= 4 is 58.2 Å². The smallest absolute Gasteiger partial charge is 0.271 e. The second kappa shape index (κ2) is 9.02. The standard InChI is InChI=1S/C28H23Cl2N3O8/c1-31-25(37)27(29)12-19-16(22(28(27,30)26(31)38)17-7-6-15(34)11-20(17)41-2)8-9-18-21(19)24(36)32(23(18)35)13-4-3-5-14(10-13)33(39)40/h3-8,10-11,18-19,21-22,34H,9,12H2,1-2H3/t18-,19+,21-,22+,27+,28-/m0/s1. The number of carbonyl (C=O) groups is 4. The number of hydrogen-bond acceptors (Lipinski definition) is 8. The van der Waals surface area contributed by atoms with Crippen LogP contribution in [0, 0.1) is 27.9 Å². The van der Waals surface area contributed by atoms with Gasteiger partial charge in [-0.05, 0) is 30.9 Å². The second-order valence-electron chi connectivity index (χ2n) is 10.7. The van der Waals surface area contributed by atoms with Crippen LogP contribution < -0.4 is 9.64 Å². The van der Waals surface area contributed by atoms with Gasteiger partial charge in [0.2, 0.25) is 11.8 Å². The summed E-state index contributed by atoms with van der Waals surface area (Å²) >= 11 is 14.3. The topological polar surface area (TPSA) is 147 Å². The number of anilines is 1. The second-order valence-corrected chi connectivity index (χ2v) is 12.0. The summed E-state index contributed by atoms with van der Waals surface area (Å²) in [5.41, 5.74) is 0.721. The van der Waals surface area contributed by atoms with E-state index in [1.54, 1.807) is 6.08 Å². The number of nitro benzene ring substituents is 1. The maximum absolute atomic E-state index is 14.0. The molecular formula is C28H23Cl2N3O8. The van der Waals surface area contributed by atoms with Crippen molar-refractivity contribution in [2.24, 2.45) is 17.8 Å². The van der Waals surface area contributed by atoms with Gasteiger partial charge in [-0.1, -0.05) is 23.8 Å². The van der Waals surface area contributed by atoms with Crippen LogP contribution in [0.15, 0.2) is 54.1 Å². The molecule has 4 aliphatic rings. The van der Waals surface area contributed by atoms with Crippen LogP contribution in [-0.4, -0.2) is 62.5 Å². The molecule has 2 aromatic rings. The SMILES string of the molecule is COc1cc(O)ccc1[C@H]1C2=CC[C@@H]3C(=O)N(c4cccc([N+](=O)[O-])c4)C(=O)[C@@H]3[C@@H]2C[C@@]2(Cl)C(=O)N(C)C(=O)[C@@]12Cl. The number of non-ortho nitro benzene ring substituents is 1. The van der Waals surface area contributed by atoms with Crippen LogP contribution >= 0.6 is 23.2 Å². The van der Waals surface area contributed by atoms with Gasteiger partial charge in [0.25, 0.3) is 17.5 Å². The van der Waals surface area contributed by atoms with E-state index in [2.05, 4.69) is 0 Å². The van der Waals surface area contributed by atoms with Crippen LogP contribution in [0.2, 0.25) is 0 Å². The van der Waals surface area contributed by atoms with Gasteiger partial charge in [-0.25, -0.2) is 4.90 Å². The number of fused-ring (bicyclic) bond motifs is 4. The highest BCUT2D eigenvalue weighted by molar-refractivity contribution is 6.53. The van der Waals surface area contributed by atoms with E-state index in [4.69, 9.17) is 27.9 Å². The molecule has 2 heterocycles. The van der Waals surface area contributed by atoms with Gasteiger partial charge >= 0.3 is 0 Å². The fraction of sp³-hybridized carbons (Fsp3) is 0.357. The predicted octanol–water partition coefficient (Wildman–Crippen LogP) is 3.50. The first-order valence-corrected chi connectivity index (χ1v) is 13.5. The van der Waals surface area contributed by atoms with E-state index in [-0.39, 0.29) is 35.7 Å². The van der Waals surface area contributed by atoms with E-state index in [9.17, 15) is 34.4 Å². The van der Waals surface area contributed by atoms with E-state index in [0.29, 0.717) is 11.1 Å². The normalized spacial score (nSPS) is 32.4. The summed E-state index contributed by atoms with van der Waals surface area (Å²) in [6.07, 6.45) is 1.70. The van der Waals surface area contributed by atoms with Crippen molar-refractivity contribution < 1.29 is 33.9 Å². The third kappa shape index (κ3) is 3.45. The number of phenols is 1. The van der Waals surface area contributed by atoms with Gasteiger partial charge in [-0.3, -0.25) is 34.2 Å². The molecule has 6 rings (SSSR count). The summed E-state index contributed by atoms with van der Waals surface area (Å²) in [4.78, 5) is 63.4. The number of nitro groups is 1. The molecule has 1 saturated carbocycles. The van der Waals surface area contributed by atoms with Crippen LogP contribution in [0.4, 0.5) is 11.4 Å². The number of ether oxygens (including phenoxy) is 1. The zero-order chi connectivity index (χ0) is 29.6. The summed E-state index contributed by atoms with van der Waals surface area (Å²) in [6.45, 7) is 0. The molecule has 6 atom stereocenters. The molecule has 0 spiro atoms. The Kier molecular flexibility index (Phi) is 5.99. The van der Waals surface area contributed by atoms with E-state index in [0.717, 1.165) is 15.9 Å². The van der Waals surface area contributed by atoms with Gasteiger partial charge in [0.15, 0.2) is 9.75 Å². The van der Waals surface area contributed by atoms with Gasteiger partial charge < -0.3 is 9.84 Å². The first-order valence-electron chi connectivity index (χ1n) is 12.8. The minimum absolute atomic E-state index is 0.0665. The van der Waals surface area contributed by atoms with E-state index in [1.165, 1.54) is 50.6 Å². The molecule has 2 aromatic carbocycles. The Balaban J connectivity index is 1.52. The molecule has 2 aliphatic heterocycles. The fourth-order valence-electron chi connectivity index (χ4n) is 7.03. The molecule has 41 heavy (non-hydrogen) atoms. The van der Waals surface area contributed by atoms with Gasteiger partial charge in [0.1, 0.15) is 11.5 Å². The zero-order valence-electron chi connectivity index (χ0n) is 21.7. The Morgan fingerprint density at radius 1 is 1.05 bits per heavy atom. The van der Waals surface area contributed by atoms with Crippen LogP contribution in [0.3, 0.4) is 0 Å². The summed E-state index contributed by atoms with van der Waals surface area (Å²) in [5, 5.41) is 21.5. The molecule has 0 unspecified atom stereocenters. The number of phenolic OH excluding ortho intramolecular Hbond substituents is 1. The lowest BCUT2D eigenvalue weighted by molar-refractivity contribution is -0.384. The number of allylic oxidation sites excluding steroid dienone is 2. The number of carbonyl (C=O) groups excluding carboxylic acids is 4. The van der Waals surface area contributed by atoms with E-state index >= 15 is 0 Å². The molecule has 3 fully saturated rings. The first kappa shape index (κ1) is 27.2. The Hall–Kier alpha value is -3.96. The van der Waals surface area contributed by atoms with Crippen LogP contribution in [0.25, 0.3) is 0 Å². The summed E-state index contributed by atoms with van der Waals surface area (Å²) in [5.74, 6) is -6.05. The Morgan fingerprint density at radius 2 is 1.78 bits per heavy atom. The van der Waals surface area contributed by atoms with Crippen LogP contribution in [0.5, 0.6) is 11.5 Å². The van der Waals surface area contributed by atoms with Gasteiger partial charge in [0, 0.05) is 36.7 Å². The van der Waals surface area contributed by atoms with Crippen LogP contribution in [-0.2, 0) is 19.2 Å². The lowest BCUT2D eigenvalue weighted by atomic mass is 9.56. The number of methoxy groups -OCH3 is 1. The Bertz CT molecular complexity index is 1610. The highest BCUT2D eigenvalue weighted by Crippen LogP contribution is 2.66. The van der Waals surface area contributed by atoms with E-state index < -0.39 is 62.0 Å². The van der Waals surface area contributed by atoms with Crippen LogP contribution in [0.1, 0.15) is 24.3 Å². The number of nitrogens with zero attached hydrogens (tertiary/aromatic N) is 3. The summed E-state index contributed by atoms with van der Waals surface area (Å²) < 4.78 is 5.52. The number of amides is 4.